The SMILES string of the molecule is CC(=NNc1cc(C)c2cc(C)cc(C)c2n1)c1ccc(Cl)c(Cl)c1. The van der Waals surface area contributed by atoms with Crippen LogP contribution in [0, 0.1) is 20.8 Å². The van der Waals surface area contributed by atoms with Crippen LogP contribution in [0.4, 0.5) is 5.82 Å². The molecule has 0 aliphatic rings. The molecular weight excluding hydrogens is 353 g/mol. The Labute approximate surface area is 157 Å². The van der Waals surface area contributed by atoms with E-state index in [4.69, 9.17) is 28.2 Å². The lowest BCUT2D eigenvalue weighted by atomic mass is 10.0. The first-order valence-corrected chi connectivity index (χ1v) is 8.75. The molecule has 0 bridgehead atoms. The van der Waals surface area contributed by atoms with Crippen molar-refractivity contribution in [3.05, 3.63) is 68.7 Å². The maximum atomic E-state index is 6.07. The van der Waals surface area contributed by atoms with E-state index in [9.17, 15) is 0 Å². The van der Waals surface area contributed by atoms with Crippen molar-refractivity contribution in [1.82, 2.24) is 4.98 Å². The van der Waals surface area contributed by atoms with Crippen molar-refractivity contribution in [1.29, 1.82) is 0 Å². The van der Waals surface area contributed by atoms with Gasteiger partial charge in [0.05, 0.1) is 21.3 Å². The highest BCUT2D eigenvalue weighted by molar-refractivity contribution is 6.42. The topological polar surface area (TPSA) is 37.3 Å². The third-order valence-electron chi connectivity index (χ3n) is 4.13. The first-order valence-electron chi connectivity index (χ1n) is 7.99. The summed E-state index contributed by atoms with van der Waals surface area (Å²) in [6.45, 7) is 8.18. The highest BCUT2D eigenvalue weighted by Crippen LogP contribution is 2.25. The van der Waals surface area contributed by atoms with Crippen LogP contribution in [0.1, 0.15) is 29.2 Å². The van der Waals surface area contributed by atoms with Crippen LogP contribution in [0.25, 0.3) is 10.9 Å². The van der Waals surface area contributed by atoms with E-state index in [-0.39, 0.29) is 0 Å². The minimum Gasteiger partial charge on any atom is -0.261 e. The van der Waals surface area contributed by atoms with Crippen molar-refractivity contribution in [2.24, 2.45) is 5.10 Å². The van der Waals surface area contributed by atoms with Crippen molar-refractivity contribution in [2.75, 3.05) is 5.43 Å². The Kier molecular flexibility index (Phi) is 4.98. The number of rotatable bonds is 3. The molecule has 5 heteroatoms. The van der Waals surface area contributed by atoms with E-state index in [0.29, 0.717) is 10.0 Å². The van der Waals surface area contributed by atoms with Crippen molar-refractivity contribution < 1.29 is 0 Å². The van der Waals surface area contributed by atoms with Gasteiger partial charge in [0.15, 0.2) is 0 Å². The lowest BCUT2D eigenvalue weighted by Crippen LogP contribution is -2.02. The zero-order valence-electron chi connectivity index (χ0n) is 14.6. The molecule has 1 N–H and O–H groups in total. The molecule has 2 aromatic carbocycles. The van der Waals surface area contributed by atoms with Crippen LogP contribution in [-0.2, 0) is 0 Å². The van der Waals surface area contributed by atoms with Gasteiger partial charge in [-0.05, 0) is 68.7 Å². The number of hydrazone groups is 1. The average molecular weight is 372 g/mol. The minimum absolute atomic E-state index is 0.513. The molecule has 0 saturated carbocycles. The van der Waals surface area contributed by atoms with Gasteiger partial charge in [0.1, 0.15) is 5.82 Å². The Morgan fingerprint density at radius 3 is 2.44 bits per heavy atom. The third kappa shape index (κ3) is 3.78. The summed E-state index contributed by atoms with van der Waals surface area (Å²) in [5.41, 5.74) is 9.33. The molecule has 0 aliphatic heterocycles. The number of pyridine rings is 1. The Morgan fingerprint density at radius 1 is 0.960 bits per heavy atom. The van der Waals surface area contributed by atoms with Gasteiger partial charge in [0.25, 0.3) is 0 Å². The minimum atomic E-state index is 0.513. The Hall–Kier alpha value is -2.10. The lowest BCUT2D eigenvalue weighted by Gasteiger charge is -2.10. The normalized spacial score (nSPS) is 11.8. The highest BCUT2D eigenvalue weighted by Gasteiger charge is 2.07. The number of anilines is 1. The van der Waals surface area contributed by atoms with Gasteiger partial charge in [-0.1, -0.05) is 40.9 Å². The average Bonchev–Trinajstić information content (AvgIpc) is 2.56. The van der Waals surface area contributed by atoms with E-state index >= 15 is 0 Å². The quantitative estimate of drug-likeness (QED) is 0.433. The number of hydrogen-bond donors (Lipinski definition) is 1. The lowest BCUT2D eigenvalue weighted by molar-refractivity contribution is 1.23. The molecule has 3 nitrogen and oxygen atoms in total. The summed E-state index contributed by atoms with van der Waals surface area (Å²) >= 11 is 12.0. The van der Waals surface area contributed by atoms with Crippen LogP contribution < -0.4 is 5.43 Å². The van der Waals surface area contributed by atoms with Gasteiger partial charge < -0.3 is 0 Å². The summed E-state index contributed by atoms with van der Waals surface area (Å²) in [6, 6.07) is 11.8. The van der Waals surface area contributed by atoms with Gasteiger partial charge in [-0.15, -0.1) is 0 Å². The molecule has 0 unspecified atom stereocenters. The monoisotopic (exact) mass is 371 g/mol. The fourth-order valence-electron chi connectivity index (χ4n) is 2.83. The summed E-state index contributed by atoms with van der Waals surface area (Å²) in [4.78, 5) is 4.71. The highest BCUT2D eigenvalue weighted by atomic mass is 35.5. The van der Waals surface area contributed by atoms with E-state index in [1.165, 1.54) is 16.5 Å². The molecule has 0 fully saturated rings. The van der Waals surface area contributed by atoms with E-state index in [1.54, 1.807) is 12.1 Å². The molecule has 0 amide bonds. The van der Waals surface area contributed by atoms with Gasteiger partial charge in [0, 0.05) is 5.39 Å². The summed E-state index contributed by atoms with van der Waals surface area (Å²) in [7, 11) is 0. The van der Waals surface area contributed by atoms with E-state index in [0.717, 1.165) is 28.2 Å². The van der Waals surface area contributed by atoms with Crippen molar-refractivity contribution in [3.63, 3.8) is 0 Å². The molecule has 3 rings (SSSR count). The molecule has 0 aliphatic carbocycles. The second kappa shape index (κ2) is 7.03. The van der Waals surface area contributed by atoms with Crippen LogP contribution in [0.5, 0.6) is 0 Å². The summed E-state index contributed by atoms with van der Waals surface area (Å²) < 4.78 is 0. The molecular formula is C20H19Cl2N3. The van der Waals surface area contributed by atoms with Gasteiger partial charge in [0.2, 0.25) is 0 Å². The fraction of sp³-hybridized carbons (Fsp3) is 0.200. The number of nitrogens with one attached hydrogen (secondary N) is 1. The largest absolute Gasteiger partial charge is 0.261 e. The Morgan fingerprint density at radius 2 is 1.72 bits per heavy atom. The number of benzene rings is 2. The molecule has 1 aromatic heterocycles. The van der Waals surface area contributed by atoms with E-state index in [1.807, 2.05) is 19.1 Å². The predicted octanol–water partition coefficient (Wildman–Crippen LogP) is 6.30. The third-order valence-corrected chi connectivity index (χ3v) is 4.87. The van der Waals surface area contributed by atoms with Gasteiger partial charge >= 0.3 is 0 Å². The number of aromatic nitrogens is 1. The molecule has 0 saturated heterocycles. The molecule has 3 aromatic rings. The Balaban J connectivity index is 1.93. The molecule has 25 heavy (non-hydrogen) atoms. The van der Waals surface area contributed by atoms with Crippen LogP contribution >= 0.6 is 23.2 Å². The zero-order valence-corrected chi connectivity index (χ0v) is 16.1. The number of halogens is 2. The molecule has 0 spiro atoms. The molecule has 0 atom stereocenters. The maximum absolute atomic E-state index is 6.07. The first kappa shape index (κ1) is 17.7. The van der Waals surface area contributed by atoms with E-state index < -0.39 is 0 Å². The summed E-state index contributed by atoms with van der Waals surface area (Å²) in [6.07, 6.45) is 0. The number of nitrogens with zero attached hydrogens (tertiary/aromatic N) is 2. The molecule has 0 radical (unpaired) electrons. The Bertz CT molecular complexity index is 994. The smallest absolute Gasteiger partial charge is 0.147 e. The summed E-state index contributed by atoms with van der Waals surface area (Å²) in [5, 5.41) is 6.65. The number of hydrogen-bond acceptors (Lipinski definition) is 3. The second-order valence-electron chi connectivity index (χ2n) is 6.24. The van der Waals surface area contributed by atoms with Crippen LogP contribution in [-0.4, -0.2) is 10.7 Å². The maximum Gasteiger partial charge on any atom is 0.147 e. The second-order valence-corrected chi connectivity index (χ2v) is 7.05. The van der Waals surface area contributed by atoms with Crippen LogP contribution in [0.2, 0.25) is 10.0 Å². The van der Waals surface area contributed by atoms with Crippen LogP contribution in [0.15, 0.2) is 41.5 Å². The van der Waals surface area contributed by atoms with Gasteiger partial charge in [-0.2, -0.15) is 5.10 Å². The van der Waals surface area contributed by atoms with Gasteiger partial charge in [-0.25, -0.2) is 4.98 Å². The van der Waals surface area contributed by atoms with Crippen molar-refractivity contribution in [2.45, 2.75) is 27.7 Å². The van der Waals surface area contributed by atoms with Gasteiger partial charge in [-0.3, -0.25) is 5.43 Å². The zero-order chi connectivity index (χ0) is 18.1. The number of aryl methyl sites for hydroxylation is 3. The first-order chi connectivity index (χ1) is 11.8. The van der Waals surface area contributed by atoms with Crippen molar-refractivity contribution in [3.8, 4) is 0 Å². The van der Waals surface area contributed by atoms with Crippen LogP contribution in [0.3, 0.4) is 0 Å². The standard InChI is InChI=1S/C20H19Cl2N3/c1-11-7-13(3)20-16(8-11)12(2)9-19(23-20)25-24-14(4)15-5-6-17(21)18(22)10-15/h5-10H,1-4H3,(H,23,25). The fourth-order valence-corrected chi connectivity index (χ4v) is 3.13. The number of fused-ring (bicyclic) bond motifs is 1. The van der Waals surface area contributed by atoms with E-state index in [2.05, 4.69) is 43.4 Å². The predicted molar refractivity (Wildman–Crippen MR) is 108 cm³/mol. The molecule has 128 valence electrons. The summed E-state index contributed by atoms with van der Waals surface area (Å²) in [5.74, 6) is 0.719. The van der Waals surface area contributed by atoms with Crippen molar-refractivity contribution >= 4 is 45.6 Å². The molecule has 1 heterocycles.